The minimum atomic E-state index is -0.566. The van der Waals surface area contributed by atoms with E-state index < -0.39 is 11.6 Å². The zero-order valence-corrected chi connectivity index (χ0v) is 17.7. The molecule has 2 aromatic carbocycles. The van der Waals surface area contributed by atoms with Crippen LogP contribution in [-0.4, -0.2) is 53.9 Å². The average molecular weight is 408 g/mol. The van der Waals surface area contributed by atoms with Crippen molar-refractivity contribution in [2.75, 3.05) is 19.8 Å². The predicted octanol–water partition coefficient (Wildman–Crippen LogP) is 3.95. The van der Waals surface area contributed by atoms with E-state index in [0.29, 0.717) is 17.7 Å². The lowest BCUT2D eigenvalue weighted by Crippen LogP contribution is -2.39. The molecule has 0 radical (unpaired) electrons. The van der Waals surface area contributed by atoms with Gasteiger partial charge in [0.15, 0.2) is 0 Å². The van der Waals surface area contributed by atoms with Crippen molar-refractivity contribution in [3.05, 3.63) is 60.2 Å². The molecule has 3 rings (SSSR count). The number of hydrogen-bond acceptors (Lipinski definition) is 5. The van der Waals surface area contributed by atoms with Crippen LogP contribution in [0.1, 0.15) is 37.6 Å². The number of nitrogens with one attached hydrogen (secondary N) is 1. The highest BCUT2D eigenvalue weighted by atomic mass is 16.6. The molecule has 6 nitrogen and oxygen atoms in total. The molecule has 0 bridgehead atoms. The summed E-state index contributed by atoms with van der Waals surface area (Å²) in [5, 5.41) is 8.01. The molecule has 158 valence electrons. The van der Waals surface area contributed by atoms with Gasteiger partial charge in [-0.25, -0.2) is 4.79 Å². The van der Waals surface area contributed by atoms with Crippen LogP contribution >= 0.6 is 0 Å². The lowest BCUT2D eigenvalue weighted by molar-refractivity contribution is -0.160. The molecule has 0 aromatic heterocycles. The molecular formula is C24H28N2O4. The van der Waals surface area contributed by atoms with Crippen molar-refractivity contribution in [3.8, 4) is 11.1 Å². The average Bonchev–Trinajstić information content (AvgIpc) is 3.07. The Balaban J connectivity index is 1.61. The molecule has 1 aliphatic heterocycles. The van der Waals surface area contributed by atoms with Gasteiger partial charge in [-0.3, -0.25) is 4.79 Å². The van der Waals surface area contributed by atoms with Crippen LogP contribution in [0.2, 0.25) is 0 Å². The van der Waals surface area contributed by atoms with Gasteiger partial charge >= 0.3 is 5.97 Å². The Hall–Kier alpha value is -2.99. The van der Waals surface area contributed by atoms with E-state index in [1.54, 1.807) is 25.7 Å². The van der Waals surface area contributed by atoms with Crippen molar-refractivity contribution in [1.82, 2.24) is 4.90 Å². The predicted molar refractivity (Wildman–Crippen MR) is 116 cm³/mol. The van der Waals surface area contributed by atoms with Crippen molar-refractivity contribution in [1.29, 1.82) is 5.41 Å². The fraction of sp³-hybridized carbons (Fsp3) is 0.375. The number of esters is 1. The van der Waals surface area contributed by atoms with E-state index in [0.717, 1.165) is 11.1 Å². The van der Waals surface area contributed by atoms with E-state index in [1.165, 1.54) is 0 Å². The van der Waals surface area contributed by atoms with Crippen molar-refractivity contribution in [2.45, 2.75) is 38.8 Å². The third-order valence-corrected chi connectivity index (χ3v) is 4.73. The van der Waals surface area contributed by atoms with Crippen LogP contribution in [0.5, 0.6) is 0 Å². The van der Waals surface area contributed by atoms with Crippen LogP contribution in [0.25, 0.3) is 11.1 Å². The quantitative estimate of drug-likeness (QED) is 0.734. The Labute approximate surface area is 177 Å². The Bertz CT molecular complexity index is 901. The zero-order chi connectivity index (χ0) is 21.7. The van der Waals surface area contributed by atoms with E-state index in [4.69, 9.17) is 14.9 Å². The van der Waals surface area contributed by atoms with Crippen molar-refractivity contribution < 1.29 is 19.1 Å². The van der Waals surface area contributed by atoms with Gasteiger partial charge in [-0.05, 0) is 44.0 Å². The maximum absolute atomic E-state index is 13.0. The van der Waals surface area contributed by atoms with E-state index >= 15 is 0 Å². The first-order chi connectivity index (χ1) is 14.2. The highest BCUT2D eigenvalue weighted by Gasteiger charge is 2.33. The standard InChI is InChI=1S/C24H28N2O4/c1-24(2,3)30-22(27)16-29-15-21-13-20(25)14-26(21)23(28)19-11-9-18(10-12-19)17-7-5-4-6-8-17/h4-12,21,25H,13-16H2,1-3H3/t21-/m0/s1. The maximum Gasteiger partial charge on any atom is 0.332 e. The molecule has 1 fully saturated rings. The third kappa shape index (κ3) is 5.76. The fourth-order valence-electron chi connectivity index (χ4n) is 3.43. The van der Waals surface area contributed by atoms with Crippen LogP contribution in [0, 0.1) is 5.41 Å². The normalized spacial score (nSPS) is 16.6. The molecule has 1 amide bonds. The Morgan fingerprint density at radius 2 is 1.67 bits per heavy atom. The SMILES string of the molecule is CC(C)(C)OC(=O)COC[C@@H]1CC(=N)CN1C(=O)c1ccc(-c2ccccc2)cc1. The number of carbonyl (C=O) groups is 2. The van der Waals surface area contributed by atoms with E-state index in [-0.39, 0.29) is 31.7 Å². The van der Waals surface area contributed by atoms with Crippen LogP contribution in [0.15, 0.2) is 54.6 Å². The smallest absolute Gasteiger partial charge is 0.332 e. The van der Waals surface area contributed by atoms with Crippen molar-refractivity contribution in [3.63, 3.8) is 0 Å². The number of nitrogens with zero attached hydrogens (tertiary/aromatic N) is 1. The molecule has 1 saturated heterocycles. The van der Waals surface area contributed by atoms with Gasteiger partial charge in [0.25, 0.3) is 5.91 Å². The molecule has 0 aliphatic carbocycles. The second-order valence-corrected chi connectivity index (χ2v) is 8.44. The fourth-order valence-corrected chi connectivity index (χ4v) is 3.43. The minimum absolute atomic E-state index is 0.136. The van der Waals surface area contributed by atoms with Crippen LogP contribution in [0.4, 0.5) is 0 Å². The first kappa shape index (κ1) is 21.7. The first-order valence-electron chi connectivity index (χ1n) is 10.1. The summed E-state index contributed by atoms with van der Waals surface area (Å²) in [6.07, 6.45) is 0.447. The highest BCUT2D eigenvalue weighted by Crippen LogP contribution is 2.22. The second-order valence-electron chi connectivity index (χ2n) is 8.44. The third-order valence-electron chi connectivity index (χ3n) is 4.73. The van der Waals surface area contributed by atoms with Gasteiger partial charge in [0.1, 0.15) is 12.2 Å². The number of ether oxygens (including phenoxy) is 2. The molecule has 1 heterocycles. The maximum atomic E-state index is 13.0. The van der Waals surface area contributed by atoms with Crippen LogP contribution < -0.4 is 0 Å². The molecular weight excluding hydrogens is 380 g/mol. The lowest BCUT2D eigenvalue weighted by atomic mass is 10.0. The van der Waals surface area contributed by atoms with Gasteiger partial charge in [0.2, 0.25) is 0 Å². The molecule has 0 spiro atoms. The van der Waals surface area contributed by atoms with E-state index in [9.17, 15) is 9.59 Å². The number of rotatable bonds is 6. The van der Waals surface area contributed by atoms with Gasteiger partial charge in [-0.1, -0.05) is 42.5 Å². The summed E-state index contributed by atoms with van der Waals surface area (Å²) in [5.74, 6) is -0.576. The van der Waals surface area contributed by atoms with Crippen LogP contribution in [-0.2, 0) is 14.3 Å². The topological polar surface area (TPSA) is 79.7 Å². The van der Waals surface area contributed by atoms with Gasteiger partial charge in [0.05, 0.1) is 19.2 Å². The minimum Gasteiger partial charge on any atom is -0.458 e. The molecule has 30 heavy (non-hydrogen) atoms. The van der Waals surface area contributed by atoms with Crippen LogP contribution in [0.3, 0.4) is 0 Å². The number of benzene rings is 2. The number of amides is 1. The lowest BCUT2D eigenvalue weighted by Gasteiger charge is -2.24. The number of likely N-dealkylation sites (tertiary alicyclic amines) is 1. The monoisotopic (exact) mass is 408 g/mol. The Morgan fingerprint density at radius 3 is 2.30 bits per heavy atom. The summed E-state index contributed by atoms with van der Waals surface area (Å²) >= 11 is 0. The summed E-state index contributed by atoms with van der Waals surface area (Å²) < 4.78 is 10.7. The molecule has 0 saturated carbocycles. The summed E-state index contributed by atoms with van der Waals surface area (Å²) in [6, 6.07) is 17.2. The Morgan fingerprint density at radius 1 is 1.03 bits per heavy atom. The van der Waals surface area contributed by atoms with Crippen molar-refractivity contribution in [2.24, 2.45) is 0 Å². The summed E-state index contributed by atoms with van der Waals surface area (Å²) in [7, 11) is 0. The summed E-state index contributed by atoms with van der Waals surface area (Å²) in [6.45, 7) is 5.69. The highest BCUT2D eigenvalue weighted by molar-refractivity contribution is 6.00. The summed E-state index contributed by atoms with van der Waals surface area (Å²) in [4.78, 5) is 26.5. The van der Waals surface area contributed by atoms with E-state index in [1.807, 2.05) is 54.6 Å². The number of hydrogen-bond donors (Lipinski definition) is 1. The zero-order valence-electron chi connectivity index (χ0n) is 17.7. The first-order valence-corrected chi connectivity index (χ1v) is 10.1. The molecule has 0 unspecified atom stereocenters. The Kier molecular flexibility index (Phi) is 6.67. The molecule has 1 atom stereocenters. The van der Waals surface area contributed by atoms with Gasteiger partial charge in [0, 0.05) is 17.7 Å². The molecule has 2 aromatic rings. The van der Waals surface area contributed by atoms with Crippen molar-refractivity contribution >= 4 is 17.6 Å². The van der Waals surface area contributed by atoms with Gasteiger partial charge < -0.3 is 19.8 Å². The van der Waals surface area contributed by atoms with Gasteiger partial charge in [-0.15, -0.1) is 0 Å². The van der Waals surface area contributed by atoms with Gasteiger partial charge in [-0.2, -0.15) is 0 Å². The largest absolute Gasteiger partial charge is 0.458 e. The summed E-state index contributed by atoms with van der Waals surface area (Å²) in [5.41, 5.74) is 2.62. The second kappa shape index (κ2) is 9.22. The van der Waals surface area contributed by atoms with E-state index in [2.05, 4.69) is 0 Å². The number of carbonyl (C=O) groups excluding carboxylic acids is 2. The molecule has 1 aliphatic rings. The molecule has 1 N–H and O–H groups in total. The molecule has 6 heteroatoms.